The van der Waals surface area contributed by atoms with Crippen molar-refractivity contribution >= 4 is 5.97 Å². The Labute approximate surface area is 136 Å². The second-order valence-electron chi connectivity index (χ2n) is 4.92. The van der Waals surface area contributed by atoms with Gasteiger partial charge in [0.2, 0.25) is 0 Å². The molecule has 0 aromatic rings. The van der Waals surface area contributed by atoms with Gasteiger partial charge in [0.15, 0.2) is 0 Å². The topological polar surface area (TPSA) is 46.5 Å². The maximum Gasteiger partial charge on any atom is 0.310 e. The minimum atomic E-state index is -0.769. The molecule has 0 aliphatic heterocycles. The maximum atomic E-state index is 10.4. The fraction of sp³-hybridized carbons (Fsp3) is 0.526. The summed E-state index contributed by atoms with van der Waals surface area (Å²) in [5, 5.41) is 8.52. The average Bonchev–Trinajstić information content (AvgIpc) is 2.51. The lowest BCUT2D eigenvalue weighted by atomic mass is 10.1. The van der Waals surface area contributed by atoms with Crippen LogP contribution in [0.25, 0.3) is 0 Å². The van der Waals surface area contributed by atoms with Crippen molar-refractivity contribution < 1.29 is 14.6 Å². The van der Waals surface area contributed by atoms with Crippen LogP contribution in [0.3, 0.4) is 0 Å². The van der Waals surface area contributed by atoms with E-state index in [4.69, 9.17) is 9.84 Å². The van der Waals surface area contributed by atoms with E-state index in [9.17, 15) is 4.79 Å². The molecule has 0 radical (unpaired) electrons. The molecule has 0 rings (SSSR count). The van der Waals surface area contributed by atoms with Gasteiger partial charge in [0.1, 0.15) is 0 Å². The fourth-order valence-electron chi connectivity index (χ4n) is 1.42. The standard InChI is InChI=1S/C10H16O2.C9H16O/c1-3-4-5-6-7-8-9(2)10(11)12;1-3-4-5-6-7-8-9-10-2/h3,7-9H,1,4-6H2,2H3,(H,11,12);3,7-8H,1,4-6,9H2,2H3. The molecule has 0 amide bonds. The molecule has 1 N–H and O–H groups in total. The second-order valence-corrected chi connectivity index (χ2v) is 4.92. The zero-order chi connectivity index (χ0) is 17.1. The van der Waals surface area contributed by atoms with Crippen molar-refractivity contribution in [3.8, 4) is 0 Å². The van der Waals surface area contributed by atoms with Crippen molar-refractivity contribution in [3.63, 3.8) is 0 Å². The summed E-state index contributed by atoms with van der Waals surface area (Å²) in [4.78, 5) is 10.4. The molecule has 0 heterocycles. The van der Waals surface area contributed by atoms with E-state index in [0.717, 1.165) is 38.7 Å². The van der Waals surface area contributed by atoms with Crippen LogP contribution >= 0.6 is 0 Å². The molecule has 0 aromatic heterocycles. The highest BCUT2D eigenvalue weighted by atomic mass is 16.5. The second kappa shape index (κ2) is 19.4. The Balaban J connectivity index is 0. The number of rotatable bonds is 12. The minimum Gasteiger partial charge on any atom is -0.481 e. The first kappa shape index (κ1) is 22.7. The zero-order valence-electron chi connectivity index (χ0n) is 14.2. The molecule has 0 aliphatic rings. The van der Waals surface area contributed by atoms with Gasteiger partial charge < -0.3 is 9.84 Å². The molecule has 1 unspecified atom stereocenters. The predicted octanol–water partition coefficient (Wildman–Crippen LogP) is 5.16. The van der Waals surface area contributed by atoms with Gasteiger partial charge in [-0.2, -0.15) is 0 Å². The Hall–Kier alpha value is -1.61. The van der Waals surface area contributed by atoms with Crippen LogP contribution in [0.5, 0.6) is 0 Å². The van der Waals surface area contributed by atoms with Gasteiger partial charge in [0, 0.05) is 7.11 Å². The zero-order valence-corrected chi connectivity index (χ0v) is 14.2. The Kier molecular flexibility index (Phi) is 20.0. The van der Waals surface area contributed by atoms with E-state index in [1.807, 2.05) is 24.3 Å². The summed E-state index contributed by atoms with van der Waals surface area (Å²) in [6.45, 7) is 9.65. The summed E-state index contributed by atoms with van der Waals surface area (Å²) in [6.07, 6.45) is 18.1. The monoisotopic (exact) mass is 308 g/mol. The first-order chi connectivity index (χ1) is 10.6. The van der Waals surface area contributed by atoms with Crippen LogP contribution in [0.4, 0.5) is 0 Å². The summed E-state index contributed by atoms with van der Waals surface area (Å²) < 4.78 is 4.84. The number of ether oxygens (including phenoxy) is 1. The van der Waals surface area contributed by atoms with E-state index >= 15 is 0 Å². The molecule has 126 valence electrons. The van der Waals surface area contributed by atoms with Crippen LogP contribution in [-0.4, -0.2) is 24.8 Å². The lowest BCUT2D eigenvalue weighted by Gasteiger charge is -1.96. The van der Waals surface area contributed by atoms with Gasteiger partial charge in [0.25, 0.3) is 0 Å². The minimum absolute atomic E-state index is 0.367. The van der Waals surface area contributed by atoms with E-state index in [-0.39, 0.29) is 5.92 Å². The number of hydrogen-bond acceptors (Lipinski definition) is 2. The third-order valence-electron chi connectivity index (χ3n) is 2.80. The van der Waals surface area contributed by atoms with Gasteiger partial charge in [0.05, 0.1) is 12.5 Å². The summed E-state index contributed by atoms with van der Waals surface area (Å²) in [5.74, 6) is -1.14. The highest BCUT2D eigenvalue weighted by Gasteiger charge is 2.04. The van der Waals surface area contributed by atoms with Crippen LogP contribution in [0, 0.1) is 5.92 Å². The largest absolute Gasteiger partial charge is 0.481 e. The molecular formula is C19H32O3. The Morgan fingerprint density at radius 1 is 1.05 bits per heavy atom. The van der Waals surface area contributed by atoms with E-state index in [0.29, 0.717) is 0 Å². The van der Waals surface area contributed by atoms with Crippen molar-refractivity contribution in [1.29, 1.82) is 0 Å². The number of hydrogen-bond donors (Lipinski definition) is 1. The number of aliphatic carboxylic acids is 1. The Bertz CT molecular complexity index is 330. The quantitative estimate of drug-likeness (QED) is 0.400. The van der Waals surface area contributed by atoms with Crippen LogP contribution < -0.4 is 0 Å². The van der Waals surface area contributed by atoms with Crippen molar-refractivity contribution in [2.24, 2.45) is 5.92 Å². The summed E-state index contributed by atoms with van der Waals surface area (Å²) in [6, 6.07) is 0. The van der Waals surface area contributed by atoms with Gasteiger partial charge in [-0.1, -0.05) is 36.5 Å². The van der Waals surface area contributed by atoms with Crippen LogP contribution in [0.2, 0.25) is 0 Å². The third-order valence-corrected chi connectivity index (χ3v) is 2.80. The van der Waals surface area contributed by atoms with E-state index < -0.39 is 5.97 Å². The molecule has 0 saturated heterocycles. The molecule has 3 heteroatoms. The molecule has 22 heavy (non-hydrogen) atoms. The molecule has 0 saturated carbocycles. The van der Waals surface area contributed by atoms with Crippen molar-refractivity contribution in [3.05, 3.63) is 49.6 Å². The van der Waals surface area contributed by atoms with Crippen LogP contribution in [-0.2, 0) is 9.53 Å². The van der Waals surface area contributed by atoms with Gasteiger partial charge in [-0.05, 0) is 45.4 Å². The van der Waals surface area contributed by atoms with Crippen LogP contribution in [0.15, 0.2) is 49.6 Å². The lowest BCUT2D eigenvalue weighted by molar-refractivity contribution is -0.139. The molecular weight excluding hydrogens is 276 g/mol. The van der Waals surface area contributed by atoms with E-state index in [1.54, 1.807) is 20.1 Å². The number of methoxy groups -OCH3 is 1. The molecule has 1 atom stereocenters. The summed E-state index contributed by atoms with van der Waals surface area (Å²) in [5.41, 5.74) is 0. The SMILES string of the molecule is C=CCCCC=CC(C)C(=O)O.C=CCCCC=CCOC. The van der Waals surface area contributed by atoms with Gasteiger partial charge in [-0.15, -0.1) is 13.2 Å². The molecule has 0 bridgehead atoms. The maximum absolute atomic E-state index is 10.4. The fourth-order valence-corrected chi connectivity index (χ4v) is 1.42. The van der Waals surface area contributed by atoms with Crippen molar-refractivity contribution in [2.75, 3.05) is 13.7 Å². The molecule has 0 spiro atoms. The van der Waals surface area contributed by atoms with Crippen molar-refractivity contribution in [1.82, 2.24) is 0 Å². The van der Waals surface area contributed by atoms with Crippen LogP contribution in [0.1, 0.15) is 45.4 Å². The number of carboxylic acids is 1. The van der Waals surface area contributed by atoms with E-state index in [1.165, 1.54) is 6.42 Å². The number of carboxylic acid groups (broad SMARTS) is 1. The first-order valence-corrected chi connectivity index (χ1v) is 7.85. The summed E-state index contributed by atoms with van der Waals surface area (Å²) in [7, 11) is 1.70. The Morgan fingerprint density at radius 2 is 1.59 bits per heavy atom. The van der Waals surface area contributed by atoms with Gasteiger partial charge in [-0.3, -0.25) is 4.79 Å². The number of unbranched alkanes of at least 4 members (excludes halogenated alkanes) is 4. The molecule has 0 aromatic carbocycles. The highest BCUT2D eigenvalue weighted by Crippen LogP contribution is 2.01. The predicted molar refractivity (Wildman–Crippen MR) is 95.1 cm³/mol. The van der Waals surface area contributed by atoms with Crippen molar-refractivity contribution in [2.45, 2.75) is 45.4 Å². The number of allylic oxidation sites excluding steroid dienone is 4. The normalized spacial score (nSPS) is 11.9. The molecule has 0 fully saturated rings. The highest BCUT2D eigenvalue weighted by molar-refractivity contribution is 5.71. The summed E-state index contributed by atoms with van der Waals surface area (Å²) >= 11 is 0. The first-order valence-electron chi connectivity index (χ1n) is 7.85. The lowest BCUT2D eigenvalue weighted by Crippen LogP contribution is -2.05. The molecule has 0 aliphatic carbocycles. The number of carbonyl (C=O) groups is 1. The Morgan fingerprint density at radius 3 is 2.05 bits per heavy atom. The van der Waals surface area contributed by atoms with Gasteiger partial charge >= 0.3 is 5.97 Å². The van der Waals surface area contributed by atoms with E-state index in [2.05, 4.69) is 19.2 Å². The third kappa shape index (κ3) is 20.7. The smallest absolute Gasteiger partial charge is 0.310 e. The van der Waals surface area contributed by atoms with Gasteiger partial charge in [-0.25, -0.2) is 0 Å². The average molecular weight is 308 g/mol. The molecule has 3 nitrogen and oxygen atoms in total.